The minimum Gasteiger partial charge on any atom is -0.441 e. The molecule has 0 saturated heterocycles. The molecule has 2 N–H and O–H groups in total. The number of hydrogen-bond acceptors (Lipinski definition) is 5. The summed E-state index contributed by atoms with van der Waals surface area (Å²) in [5.41, 5.74) is 3.25. The zero-order chi connectivity index (χ0) is 16.0. The van der Waals surface area contributed by atoms with Crippen molar-refractivity contribution in [1.82, 2.24) is 15.0 Å². The van der Waals surface area contributed by atoms with Gasteiger partial charge in [-0.25, -0.2) is 0 Å². The smallest absolute Gasteiger partial charge is 0.205 e. The van der Waals surface area contributed by atoms with E-state index in [2.05, 4.69) is 21.0 Å². The van der Waals surface area contributed by atoms with Crippen molar-refractivity contribution in [2.24, 2.45) is 5.92 Å². The fraction of sp³-hybridized carbons (Fsp3) is 0.176. The van der Waals surface area contributed by atoms with Crippen LogP contribution in [-0.4, -0.2) is 20.8 Å². The van der Waals surface area contributed by atoms with Gasteiger partial charge in [0.05, 0.1) is 23.4 Å². The van der Waals surface area contributed by atoms with Crippen molar-refractivity contribution in [3.63, 3.8) is 0 Å². The molecule has 0 saturated carbocycles. The van der Waals surface area contributed by atoms with Gasteiger partial charge in [-0.2, -0.15) is 5.26 Å². The number of nitrogens with one attached hydrogen (secondary N) is 2. The van der Waals surface area contributed by atoms with E-state index in [-0.39, 0.29) is 11.8 Å². The lowest BCUT2D eigenvalue weighted by atomic mass is 9.81. The molecule has 2 unspecified atom stereocenters. The third-order valence-electron chi connectivity index (χ3n) is 4.11. The average molecular weight is 303 g/mol. The van der Waals surface area contributed by atoms with Crippen LogP contribution in [0.1, 0.15) is 22.9 Å². The van der Waals surface area contributed by atoms with Crippen LogP contribution < -0.4 is 4.74 Å². The molecule has 23 heavy (non-hydrogen) atoms. The molecule has 6 heteroatoms. The quantitative estimate of drug-likeness (QED) is 0.722. The highest BCUT2D eigenvalue weighted by Gasteiger charge is 2.38. The third-order valence-corrected chi connectivity index (χ3v) is 4.11. The van der Waals surface area contributed by atoms with E-state index in [1.54, 1.807) is 12.4 Å². The zero-order valence-corrected chi connectivity index (χ0v) is 12.4. The summed E-state index contributed by atoms with van der Waals surface area (Å²) in [6.45, 7) is 1.86. The number of ether oxygens (including phenoxy) is 1. The first kappa shape index (κ1) is 13.5. The molecule has 0 aliphatic carbocycles. The van der Waals surface area contributed by atoms with Gasteiger partial charge in [0, 0.05) is 35.1 Å². The summed E-state index contributed by atoms with van der Waals surface area (Å²) < 4.78 is 5.68. The fourth-order valence-electron chi connectivity index (χ4n) is 3.08. The van der Waals surface area contributed by atoms with Gasteiger partial charge in [-0.05, 0) is 19.1 Å². The molecule has 4 rings (SSSR count). The Morgan fingerprint density at radius 1 is 1.30 bits per heavy atom. The first-order valence-electron chi connectivity index (χ1n) is 7.23. The monoisotopic (exact) mass is 303 g/mol. The number of nitrogens with zero attached hydrogens (tertiary/aromatic N) is 3. The zero-order valence-electron chi connectivity index (χ0n) is 12.4. The summed E-state index contributed by atoms with van der Waals surface area (Å²) in [4.78, 5) is 11.8. The highest BCUT2D eigenvalue weighted by molar-refractivity contribution is 5.94. The molecule has 0 spiro atoms. The van der Waals surface area contributed by atoms with Crippen LogP contribution in [0.3, 0.4) is 0 Å². The Kier molecular flexibility index (Phi) is 2.88. The molecule has 1 aliphatic rings. The van der Waals surface area contributed by atoms with Crippen molar-refractivity contribution in [2.75, 3.05) is 0 Å². The van der Waals surface area contributed by atoms with E-state index in [4.69, 9.17) is 10.1 Å². The predicted molar refractivity (Wildman–Crippen MR) is 84.4 cm³/mol. The number of aromatic nitrogens is 3. The Hall–Kier alpha value is -3.20. The first-order valence-corrected chi connectivity index (χ1v) is 7.23. The molecule has 0 radical (unpaired) electrons. The second-order valence-electron chi connectivity index (χ2n) is 5.56. The Morgan fingerprint density at radius 3 is 2.96 bits per heavy atom. The van der Waals surface area contributed by atoms with Gasteiger partial charge in [0.25, 0.3) is 0 Å². The molecule has 2 atom stereocenters. The number of fused-ring (bicyclic) bond motifs is 3. The Labute approximate surface area is 132 Å². The van der Waals surface area contributed by atoms with Crippen LogP contribution in [0.15, 0.2) is 36.8 Å². The second kappa shape index (κ2) is 4.92. The summed E-state index contributed by atoms with van der Waals surface area (Å²) in [5.74, 6) is -0.506. The molecule has 0 fully saturated rings. The molecule has 3 heterocycles. The molecule has 1 aliphatic heterocycles. The molecule has 6 nitrogen and oxygen atoms in total. The summed E-state index contributed by atoms with van der Waals surface area (Å²) in [6.07, 6.45) is 5.16. The predicted octanol–water partition coefficient (Wildman–Crippen LogP) is 2.91. The van der Waals surface area contributed by atoms with E-state index < -0.39 is 5.92 Å². The van der Waals surface area contributed by atoms with Crippen molar-refractivity contribution in [3.05, 3.63) is 53.7 Å². The van der Waals surface area contributed by atoms with Crippen molar-refractivity contribution < 1.29 is 4.74 Å². The van der Waals surface area contributed by atoms with Gasteiger partial charge in [-0.15, -0.1) is 0 Å². The molecular weight excluding hydrogens is 290 g/mol. The Morgan fingerprint density at radius 2 is 2.17 bits per heavy atom. The summed E-state index contributed by atoms with van der Waals surface area (Å²) in [5, 5.41) is 18.6. The van der Waals surface area contributed by atoms with Crippen LogP contribution in [0.2, 0.25) is 0 Å². The second-order valence-corrected chi connectivity index (χ2v) is 5.56. The van der Waals surface area contributed by atoms with Crippen LogP contribution >= 0.6 is 0 Å². The summed E-state index contributed by atoms with van der Waals surface area (Å²) in [6, 6.07) is 7.97. The van der Waals surface area contributed by atoms with Gasteiger partial charge in [-0.1, -0.05) is 6.07 Å². The molecule has 1 aromatic carbocycles. The largest absolute Gasteiger partial charge is 0.441 e. The SMILES string of the molecule is Cc1cncc(C2c3ccc4[nH]ccc4c3OC(=N)C2C#N)n1. The average Bonchev–Trinajstić information content (AvgIpc) is 3.02. The number of aromatic amines is 1. The molecular formula is C17H13N5O. The van der Waals surface area contributed by atoms with E-state index in [1.807, 2.05) is 31.3 Å². The van der Waals surface area contributed by atoms with Gasteiger partial charge in [0.1, 0.15) is 11.7 Å². The van der Waals surface area contributed by atoms with Gasteiger partial charge < -0.3 is 9.72 Å². The van der Waals surface area contributed by atoms with Gasteiger partial charge >= 0.3 is 0 Å². The lowest BCUT2D eigenvalue weighted by Crippen LogP contribution is -2.31. The topological polar surface area (TPSA) is 98.4 Å². The van der Waals surface area contributed by atoms with Crippen LogP contribution in [0, 0.1) is 29.6 Å². The summed E-state index contributed by atoms with van der Waals surface area (Å²) >= 11 is 0. The van der Waals surface area contributed by atoms with E-state index in [1.165, 1.54) is 0 Å². The van der Waals surface area contributed by atoms with Crippen molar-refractivity contribution in [3.8, 4) is 11.8 Å². The number of benzene rings is 1. The lowest BCUT2D eigenvalue weighted by molar-refractivity contribution is 0.451. The molecule has 0 bridgehead atoms. The van der Waals surface area contributed by atoms with Crippen molar-refractivity contribution in [2.45, 2.75) is 12.8 Å². The number of aryl methyl sites for hydroxylation is 1. The normalized spacial score (nSPS) is 19.9. The van der Waals surface area contributed by atoms with Crippen molar-refractivity contribution in [1.29, 1.82) is 10.7 Å². The van der Waals surface area contributed by atoms with Crippen LogP contribution in [0.4, 0.5) is 0 Å². The molecule has 112 valence electrons. The first-order chi connectivity index (χ1) is 11.2. The maximum Gasteiger partial charge on any atom is 0.205 e. The maximum absolute atomic E-state index is 9.54. The van der Waals surface area contributed by atoms with Crippen molar-refractivity contribution >= 4 is 16.8 Å². The number of nitriles is 1. The minimum absolute atomic E-state index is 0.0537. The third kappa shape index (κ3) is 1.98. The van der Waals surface area contributed by atoms with Gasteiger partial charge in [0.2, 0.25) is 5.90 Å². The number of hydrogen-bond donors (Lipinski definition) is 2. The fourth-order valence-corrected chi connectivity index (χ4v) is 3.08. The van der Waals surface area contributed by atoms with E-state index in [0.717, 1.165) is 22.2 Å². The molecule has 2 aromatic heterocycles. The van der Waals surface area contributed by atoms with Crippen LogP contribution in [0.25, 0.3) is 10.9 Å². The Bertz CT molecular complexity index is 969. The number of rotatable bonds is 1. The van der Waals surface area contributed by atoms with Crippen LogP contribution in [-0.2, 0) is 0 Å². The van der Waals surface area contributed by atoms with Gasteiger partial charge in [-0.3, -0.25) is 15.4 Å². The highest BCUT2D eigenvalue weighted by atomic mass is 16.5. The lowest BCUT2D eigenvalue weighted by Gasteiger charge is -2.29. The maximum atomic E-state index is 9.54. The standard InChI is InChI=1S/C17H13N5O/c1-9-7-20-8-14(22-9)15-11-2-3-13-10(4-5-21-13)16(11)23-17(19)12(15)6-18/h2-5,7-8,12,15,19,21H,1H3. The summed E-state index contributed by atoms with van der Waals surface area (Å²) in [7, 11) is 0. The molecule has 0 amide bonds. The Balaban J connectivity index is 1.99. The van der Waals surface area contributed by atoms with E-state index >= 15 is 0 Å². The number of H-pyrrole nitrogens is 1. The minimum atomic E-state index is -0.713. The van der Waals surface area contributed by atoms with E-state index in [0.29, 0.717) is 11.4 Å². The van der Waals surface area contributed by atoms with Gasteiger partial charge in [0.15, 0.2) is 0 Å². The molecule has 3 aromatic rings. The highest BCUT2D eigenvalue weighted by Crippen LogP contribution is 2.44. The van der Waals surface area contributed by atoms with Crippen LogP contribution in [0.5, 0.6) is 5.75 Å². The van der Waals surface area contributed by atoms with E-state index in [9.17, 15) is 5.26 Å².